The molecule has 2 nitrogen and oxygen atoms in total. The van der Waals surface area contributed by atoms with Crippen molar-refractivity contribution >= 4 is 37.5 Å². The van der Waals surface area contributed by atoms with Crippen molar-refractivity contribution in [1.82, 2.24) is 4.98 Å². The lowest BCUT2D eigenvalue weighted by Crippen LogP contribution is -1.90. The third-order valence-corrected chi connectivity index (χ3v) is 2.74. The number of halogens is 2. The summed E-state index contributed by atoms with van der Waals surface area (Å²) in [6.07, 6.45) is 0. The standard InChI is InChI=1S/C7H3BrFNOS/c8-3-1-4(9)6-5(2-3)12-7(11)10-6/h1-2H,(H,10,11). The number of H-pyrrole nitrogens is 1. The first kappa shape index (κ1) is 7.94. The van der Waals surface area contributed by atoms with Gasteiger partial charge in [0.25, 0.3) is 0 Å². The molecule has 0 atom stereocenters. The molecule has 2 aromatic rings. The van der Waals surface area contributed by atoms with Crippen molar-refractivity contribution in [2.45, 2.75) is 0 Å². The average Bonchev–Trinajstić information content (AvgIpc) is 2.29. The molecular weight excluding hydrogens is 245 g/mol. The lowest BCUT2D eigenvalue weighted by atomic mass is 10.3. The molecule has 1 aromatic carbocycles. The predicted octanol–water partition coefficient (Wildman–Crippen LogP) is 2.49. The molecule has 1 heterocycles. The number of fused-ring (bicyclic) bond motifs is 1. The molecule has 62 valence electrons. The number of aromatic amines is 1. The molecule has 0 bridgehead atoms. The fourth-order valence-electron chi connectivity index (χ4n) is 0.979. The first-order chi connectivity index (χ1) is 5.66. The number of nitrogens with one attached hydrogen (secondary N) is 1. The third-order valence-electron chi connectivity index (χ3n) is 1.45. The Morgan fingerprint density at radius 2 is 2.25 bits per heavy atom. The largest absolute Gasteiger partial charge is 0.310 e. The number of rotatable bonds is 0. The molecule has 0 radical (unpaired) electrons. The normalized spacial score (nSPS) is 10.8. The van der Waals surface area contributed by atoms with Crippen molar-refractivity contribution in [2.75, 3.05) is 0 Å². The van der Waals surface area contributed by atoms with Gasteiger partial charge in [0.05, 0.1) is 10.2 Å². The molecule has 0 fully saturated rings. The highest BCUT2D eigenvalue weighted by molar-refractivity contribution is 9.10. The number of hydrogen-bond donors (Lipinski definition) is 1. The van der Waals surface area contributed by atoms with E-state index in [1.807, 2.05) is 0 Å². The number of thiazole rings is 1. The van der Waals surface area contributed by atoms with Crippen LogP contribution in [0, 0.1) is 5.82 Å². The van der Waals surface area contributed by atoms with Crippen LogP contribution in [0.2, 0.25) is 0 Å². The molecule has 0 unspecified atom stereocenters. The van der Waals surface area contributed by atoms with E-state index in [1.54, 1.807) is 6.07 Å². The summed E-state index contributed by atoms with van der Waals surface area (Å²) in [6, 6.07) is 3.03. The van der Waals surface area contributed by atoms with Crippen LogP contribution in [-0.4, -0.2) is 4.98 Å². The van der Waals surface area contributed by atoms with Gasteiger partial charge < -0.3 is 4.98 Å². The third kappa shape index (κ3) is 1.19. The van der Waals surface area contributed by atoms with Crippen LogP contribution in [0.3, 0.4) is 0 Å². The maximum Gasteiger partial charge on any atom is 0.305 e. The Morgan fingerprint density at radius 1 is 1.50 bits per heavy atom. The predicted molar refractivity (Wildman–Crippen MR) is 50.1 cm³/mol. The summed E-state index contributed by atoms with van der Waals surface area (Å²) in [5.74, 6) is -0.405. The Hall–Kier alpha value is -0.680. The first-order valence-electron chi connectivity index (χ1n) is 3.15. The maximum atomic E-state index is 13.1. The van der Waals surface area contributed by atoms with Crippen molar-refractivity contribution in [2.24, 2.45) is 0 Å². The minimum absolute atomic E-state index is 0.234. The van der Waals surface area contributed by atoms with Crippen LogP contribution in [0.25, 0.3) is 10.2 Å². The van der Waals surface area contributed by atoms with Crippen LogP contribution >= 0.6 is 27.3 Å². The van der Waals surface area contributed by atoms with Crippen LogP contribution < -0.4 is 4.87 Å². The summed E-state index contributed by atoms with van der Waals surface area (Å²) < 4.78 is 14.3. The quantitative estimate of drug-likeness (QED) is 0.763. The van der Waals surface area contributed by atoms with Crippen LogP contribution in [0.15, 0.2) is 21.4 Å². The van der Waals surface area contributed by atoms with E-state index in [1.165, 1.54) is 6.07 Å². The molecule has 5 heteroatoms. The minimum Gasteiger partial charge on any atom is -0.310 e. The summed E-state index contributed by atoms with van der Waals surface area (Å²) in [5.41, 5.74) is 0.285. The monoisotopic (exact) mass is 247 g/mol. The number of hydrogen-bond acceptors (Lipinski definition) is 2. The van der Waals surface area contributed by atoms with E-state index in [4.69, 9.17) is 0 Å². The highest BCUT2D eigenvalue weighted by Gasteiger charge is 2.05. The van der Waals surface area contributed by atoms with Gasteiger partial charge in [0.2, 0.25) is 0 Å². The molecule has 0 amide bonds. The van der Waals surface area contributed by atoms with Gasteiger partial charge in [-0.05, 0) is 12.1 Å². The SMILES string of the molecule is O=c1[nH]c2c(F)cc(Br)cc2s1. The molecular formula is C7H3BrFNOS. The van der Waals surface area contributed by atoms with Gasteiger partial charge in [0.1, 0.15) is 5.82 Å². The highest BCUT2D eigenvalue weighted by atomic mass is 79.9. The fourth-order valence-corrected chi connectivity index (χ4v) is 2.35. The van der Waals surface area contributed by atoms with Crippen molar-refractivity contribution in [3.05, 3.63) is 32.1 Å². The molecule has 0 aliphatic rings. The van der Waals surface area contributed by atoms with Crippen LogP contribution in [0.4, 0.5) is 4.39 Å². The van der Waals surface area contributed by atoms with E-state index in [0.29, 0.717) is 9.17 Å². The van der Waals surface area contributed by atoms with E-state index in [2.05, 4.69) is 20.9 Å². The van der Waals surface area contributed by atoms with Gasteiger partial charge in [-0.3, -0.25) is 4.79 Å². The van der Waals surface area contributed by atoms with Crippen molar-refractivity contribution < 1.29 is 4.39 Å². The Morgan fingerprint density at radius 3 is 3.00 bits per heavy atom. The molecule has 1 N–H and O–H groups in total. The first-order valence-corrected chi connectivity index (χ1v) is 4.75. The smallest absolute Gasteiger partial charge is 0.305 e. The second-order valence-electron chi connectivity index (χ2n) is 2.28. The van der Waals surface area contributed by atoms with Gasteiger partial charge in [0, 0.05) is 4.47 Å². The van der Waals surface area contributed by atoms with E-state index in [0.717, 1.165) is 11.3 Å². The van der Waals surface area contributed by atoms with Gasteiger partial charge in [0.15, 0.2) is 0 Å². The molecule has 0 aliphatic carbocycles. The second kappa shape index (κ2) is 2.67. The molecule has 0 aliphatic heterocycles. The number of aromatic nitrogens is 1. The molecule has 12 heavy (non-hydrogen) atoms. The zero-order valence-electron chi connectivity index (χ0n) is 5.73. The zero-order chi connectivity index (χ0) is 8.72. The van der Waals surface area contributed by atoms with Crippen LogP contribution in [0.5, 0.6) is 0 Å². The highest BCUT2D eigenvalue weighted by Crippen LogP contribution is 2.22. The maximum absolute atomic E-state index is 13.1. The molecule has 0 saturated heterocycles. The lowest BCUT2D eigenvalue weighted by molar-refractivity contribution is 0.636. The number of benzene rings is 1. The van der Waals surface area contributed by atoms with Crippen molar-refractivity contribution in [3.63, 3.8) is 0 Å². The van der Waals surface area contributed by atoms with E-state index < -0.39 is 5.82 Å². The van der Waals surface area contributed by atoms with Crippen molar-refractivity contribution in [3.8, 4) is 0 Å². The second-order valence-corrected chi connectivity index (χ2v) is 4.21. The van der Waals surface area contributed by atoms with E-state index in [9.17, 15) is 9.18 Å². The summed E-state index contributed by atoms with van der Waals surface area (Å²) >= 11 is 4.14. The Bertz CT molecular complexity index is 490. The van der Waals surface area contributed by atoms with Gasteiger partial charge >= 0.3 is 4.87 Å². The summed E-state index contributed by atoms with van der Waals surface area (Å²) in [6.45, 7) is 0. The van der Waals surface area contributed by atoms with Gasteiger partial charge in [-0.1, -0.05) is 27.3 Å². The molecule has 0 saturated carbocycles. The van der Waals surface area contributed by atoms with E-state index in [-0.39, 0.29) is 10.4 Å². The lowest BCUT2D eigenvalue weighted by Gasteiger charge is -1.91. The Labute approximate surface area is 79.2 Å². The molecule has 0 spiro atoms. The summed E-state index contributed by atoms with van der Waals surface area (Å²) in [7, 11) is 0. The topological polar surface area (TPSA) is 32.9 Å². The fraction of sp³-hybridized carbons (Fsp3) is 0. The van der Waals surface area contributed by atoms with Gasteiger partial charge in [-0.25, -0.2) is 4.39 Å². The van der Waals surface area contributed by atoms with Crippen LogP contribution in [-0.2, 0) is 0 Å². The summed E-state index contributed by atoms with van der Waals surface area (Å²) in [4.78, 5) is 13.0. The van der Waals surface area contributed by atoms with Gasteiger partial charge in [-0.15, -0.1) is 0 Å². The average molecular weight is 248 g/mol. The zero-order valence-corrected chi connectivity index (χ0v) is 8.13. The van der Waals surface area contributed by atoms with Gasteiger partial charge in [-0.2, -0.15) is 0 Å². The minimum atomic E-state index is -0.405. The van der Waals surface area contributed by atoms with Crippen LogP contribution in [0.1, 0.15) is 0 Å². The Kier molecular flexibility index (Phi) is 1.77. The summed E-state index contributed by atoms with van der Waals surface area (Å²) in [5, 5.41) is 0. The Balaban J connectivity index is 2.97. The molecule has 2 rings (SSSR count). The molecule has 1 aromatic heterocycles. The van der Waals surface area contributed by atoms with Crippen molar-refractivity contribution in [1.29, 1.82) is 0 Å². The van der Waals surface area contributed by atoms with E-state index >= 15 is 0 Å².